The van der Waals surface area contributed by atoms with Gasteiger partial charge in [0.15, 0.2) is 6.29 Å². The number of carbonyl (C=O) groups excluding carboxylic acids is 1. The van der Waals surface area contributed by atoms with Gasteiger partial charge < -0.3 is 4.90 Å². The normalized spacial score (nSPS) is 15.9. The second-order valence-corrected chi connectivity index (χ2v) is 5.54. The molecule has 0 aliphatic carbocycles. The van der Waals surface area contributed by atoms with Crippen LogP contribution in [0.4, 0.5) is 5.82 Å². The van der Waals surface area contributed by atoms with Gasteiger partial charge in [0.25, 0.3) is 0 Å². The molecule has 2 heterocycles. The van der Waals surface area contributed by atoms with E-state index in [0.29, 0.717) is 5.56 Å². The van der Waals surface area contributed by atoms with Gasteiger partial charge in [-0.05, 0) is 12.1 Å². The molecule has 0 N–H and O–H groups in total. The summed E-state index contributed by atoms with van der Waals surface area (Å²) in [5.74, 6) is 3.04. The lowest BCUT2D eigenvalue weighted by atomic mass is 10.1. The molecule has 1 aromatic carbocycles. The summed E-state index contributed by atoms with van der Waals surface area (Å²) in [5, 5.41) is 1.02. The van der Waals surface area contributed by atoms with Gasteiger partial charge in [0, 0.05) is 30.0 Å². The maximum Gasteiger partial charge on any atom is 0.153 e. The van der Waals surface area contributed by atoms with Gasteiger partial charge in [0.2, 0.25) is 0 Å². The predicted octanol–water partition coefficient (Wildman–Crippen LogP) is 2.60. The Kier molecular flexibility index (Phi) is 3.19. The van der Waals surface area contributed by atoms with Gasteiger partial charge >= 0.3 is 0 Å². The van der Waals surface area contributed by atoms with E-state index in [4.69, 9.17) is 0 Å². The van der Waals surface area contributed by atoms with Crippen LogP contribution in [0, 0.1) is 0 Å². The maximum atomic E-state index is 11.2. The van der Waals surface area contributed by atoms with Crippen molar-refractivity contribution in [3.63, 3.8) is 0 Å². The Labute approximate surface area is 110 Å². The van der Waals surface area contributed by atoms with E-state index in [1.165, 1.54) is 0 Å². The number of carbonyl (C=O) groups is 1. The van der Waals surface area contributed by atoms with Crippen molar-refractivity contribution in [1.29, 1.82) is 0 Å². The Bertz CT molecular complexity index is 579. The summed E-state index contributed by atoms with van der Waals surface area (Å²) >= 11 is 1.95. The van der Waals surface area contributed by atoms with Crippen molar-refractivity contribution in [2.24, 2.45) is 0 Å². The number of aromatic nitrogens is 1. The zero-order valence-corrected chi connectivity index (χ0v) is 10.8. The lowest BCUT2D eigenvalue weighted by Gasteiger charge is -2.28. The highest BCUT2D eigenvalue weighted by Crippen LogP contribution is 2.24. The largest absolute Gasteiger partial charge is 0.354 e. The van der Waals surface area contributed by atoms with Crippen molar-refractivity contribution in [3.8, 4) is 0 Å². The minimum absolute atomic E-state index is 0.695. The van der Waals surface area contributed by atoms with Crippen LogP contribution < -0.4 is 4.90 Å². The van der Waals surface area contributed by atoms with Crippen LogP contribution in [0.2, 0.25) is 0 Å². The zero-order valence-electron chi connectivity index (χ0n) is 10.0. The first-order valence-electron chi connectivity index (χ1n) is 6.06. The number of aldehydes is 1. The van der Waals surface area contributed by atoms with Crippen LogP contribution in [0.3, 0.4) is 0 Å². The van der Waals surface area contributed by atoms with Crippen LogP contribution in [0.25, 0.3) is 10.9 Å². The molecule has 3 nitrogen and oxygen atoms in total. The van der Waals surface area contributed by atoms with Crippen molar-refractivity contribution in [3.05, 3.63) is 35.9 Å². The molecule has 0 amide bonds. The van der Waals surface area contributed by atoms with E-state index in [1.807, 2.05) is 42.1 Å². The van der Waals surface area contributed by atoms with E-state index >= 15 is 0 Å². The highest BCUT2D eigenvalue weighted by molar-refractivity contribution is 7.99. The lowest BCUT2D eigenvalue weighted by molar-refractivity contribution is 0.112. The minimum Gasteiger partial charge on any atom is -0.354 e. The molecule has 92 valence electrons. The zero-order chi connectivity index (χ0) is 12.4. The molecule has 2 aromatic rings. The van der Waals surface area contributed by atoms with Crippen LogP contribution in [0.1, 0.15) is 10.4 Å². The number of rotatable bonds is 2. The number of pyridine rings is 1. The average molecular weight is 258 g/mol. The molecule has 0 saturated carbocycles. The molecule has 0 spiro atoms. The van der Waals surface area contributed by atoms with Crippen molar-refractivity contribution in [2.45, 2.75) is 0 Å². The van der Waals surface area contributed by atoms with Gasteiger partial charge in [-0.1, -0.05) is 18.2 Å². The van der Waals surface area contributed by atoms with Gasteiger partial charge in [0.1, 0.15) is 5.82 Å². The van der Waals surface area contributed by atoms with Crippen molar-refractivity contribution in [2.75, 3.05) is 29.5 Å². The predicted molar refractivity (Wildman–Crippen MR) is 76.7 cm³/mol. The fourth-order valence-corrected chi connectivity index (χ4v) is 3.14. The quantitative estimate of drug-likeness (QED) is 0.775. The monoisotopic (exact) mass is 258 g/mol. The molecule has 1 saturated heterocycles. The molecule has 4 heteroatoms. The Balaban J connectivity index is 2.10. The van der Waals surface area contributed by atoms with Gasteiger partial charge in [-0.15, -0.1) is 0 Å². The van der Waals surface area contributed by atoms with Gasteiger partial charge in [-0.3, -0.25) is 4.79 Å². The summed E-state index contributed by atoms with van der Waals surface area (Å²) in [5.41, 5.74) is 1.65. The van der Waals surface area contributed by atoms with Gasteiger partial charge in [-0.25, -0.2) is 4.98 Å². The number of benzene rings is 1. The van der Waals surface area contributed by atoms with Crippen LogP contribution >= 0.6 is 11.8 Å². The first-order chi connectivity index (χ1) is 8.88. The first kappa shape index (κ1) is 11.5. The summed E-state index contributed by atoms with van der Waals surface area (Å²) < 4.78 is 0. The summed E-state index contributed by atoms with van der Waals surface area (Å²) in [4.78, 5) is 18.1. The lowest BCUT2D eigenvalue weighted by Crippen LogP contribution is -2.33. The number of anilines is 1. The first-order valence-corrected chi connectivity index (χ1v) is 7.21. The smallest absolute Gasteiger partial charge is 0.153 e. The SMILES string of the molecule is O=Cc1cc2ccccc2nc1N1CCSCC1. The van der Waals surface area contributed by atoms with Crippen molar-refractivity contribution < 1.29 is 4.79 Å². The van der Waals surface area contributed by atoms with Crippen molar-refractivity contribution in [1.82, 2.24) is 4.98 Å². The van der Waals surface area contributed by atoms with Crippen LogP contribution in [-0.4, -0.2) is 35.9 Å². The number of hydrogen-bond acceptors (Lipinski definition) is 4. The Morgan fingerprint density at radius 1 is 1.22 bits per heavy atom. The third kappa shape index (κ3) is 2.08. The van der Waals surface area contributed by atoms with Gasteiger partial charge in [0.05, 0.1) is 11.1 Å². The van der Waals surface area contributed by atoms with E-state index in [-0.39, 0.29) is 0 Å². The molecule has 3 rings (SSSR count). The summed E-state index contributed by atoms with van der Waals surface area (Å²) in [6.45, 7) is 1.94. The average Bonchev–Trinajstić information content (AvgIpc) is 2.46. The molecule has 1 aliphatic rings. The molecule has 0 atom stereocenters. The fraction of sp³-hybridized carbons (Fsp3) is 0.286. The van der Waals surface area contributed by atoms with Gasteiger partial charge in [-0.2, -0.15) is 11.8 Å². The van der Waals surface area contributed by atoms with E-state index in [0.717, 1.165) is 47.6 Å². The summed E-state index contributed by atoms with van der Waals surface area (Å²) in [6, 6.07) is 9.87. The topological polar surface area (TPSA) is 33.2 Å². The number of para-hydroxylation sites is 1. The number of thioether (sulfide) groups is 1. The molecule has 1 aliphatic heterocycles. The molecular weight excluding hydrogens is 244 g/mol. The van der Waals surface area contributed by atoms with E-state index in [9.17, 15) is 4.79 Å². The molecule has 0 unspecified atom stereocenters. The third-order valence-electron chi connectivity index (χ3n) is 3.17. The molecule has 1 fully saturated rings. The Hall–Kier alpha value is -1.55. The van der Waals surface area contributed by atoms with E-state index in [1.54, 1.807) is 0 Å². The molecule has 1 aromatic heterocycles. The number of fused-ring (bicyclic) bond motifs is 1. The van der Waals surface area contributed by atoms with E-state index < -0.39 is 0 Å². The highest BCUT2D eigenvalue weighted by Gasteiger charge is 2.16. The highest BCUT2D eigenvalue weighted by atomic mass is 32.2. The standard InChI is InChI=1S/C14H14N2OS/c17-10-12-9-11-3-1-2-4-13(11)15-14(12)16-5-7-18-8-6-16/h1-4,9-10H,5-8H2. The van der Waals surface area contributed by atoms with Crippen LogP contribution in [0.15, 0.2) is 30.3 Å². The minimum atomic E-state index is 0.695. The maximum absolute atomic E-state index is 11.2. The number of hydrogen-bond donors (Lipinski definition) is 0. The summed E-state index contributed by atoms with van der Waals surface area (Å²) in [7, 11) is 0. The Morgan fingerprint density at radius 2 is 2.00 bits per heavy atom. The van der Waals surface area contributed by atoms with Crippen LogP contribution in [0.5, 0.6) is 0 Å². The van der Waals surface area contributed by atoms with Crippen LogP contribution in [-0.2, 0) is 0 Å². The second kappa shape index (κ2) is 4.98. The third-order valence-corrected chi connectivity index (χ3v) is 4.11. The molecule has 0 radical (unpaired) electrons. The molecule has 18 heavy (non-hydrogen) atoms. The molecule has 0 bridgehead atoms. The number of nitrogens with zero attached hydrogens (tertiary/aromatic N) is 2. The Morgan fingerprint density at radius 3 is 2.78 bits per heavy atom. The van der Waals surface area contributed by atoms with E-state index in [2.05, 4.69) is 9.88 Å². The van der Waals surface area contributed by atoms with Crippen molar-refractivity contribution >= 4 is 34.8 Å². The fourth-order valence-electron chi connectivity index (χ4n) is 2.24. The second-order valence-electron chi connectivity index (χ2n) is 4.31. The molecular formula is C14H14N2OS. The summed E-state index contributed by atoms with van der Waals surface area (Å²) in [6.07, 6.45) is 0.913.